The third kappa shape index (κ3) is 2.40. The Morgan fingerprint density at radius 3 is 2.86 bits per heavy atom. The van der Waals surface area contributed by atoms with E-state index in [0.717, 1.165) is 24.8 Å². The standard InChI is InChI=1S/C16H16ClN3O/c1-10-7-8-12-5-3-4-6-14(12)20(10)16-13(9-21)15(17)18-11(2)19-16/h3-6,9-10H,7-8H2,1-2H3. The van der Waals surface area contributed by atoms with Gasteiger partial charge in [0.15, 0.2) is 6.29 Å². The molecule has 0 bridgehead atoms. The van der Waals surface area contributed by atoms with Gasteiger partial charge in [-0.3, -0.25) is 4.79 Å². The van der Waals surface area contributed by atoms with Crippen LogP contribution in [0.3, 0.4) is 0 Å². The van der Waals surface area contributed by atoms with Crippen LogP contribution in [-0.2, 0) is 6.42 Å². The molecule has 0 saturated heterocycles. The van der Waals surface area contributed by atoms with Crippen LogP contribution >= 0.6 is 11.6 Å². The molecule has 0 amide bonds. The van der Waals surface area contributed by atoms with Crippen molar-refractivity contribution in [3.63, 3.8) is 0 Å². The average molecular weight is 302 g/mol. The summed E-state index contributed by atoms with van der Waals surface area (Å²) in [5.41, 5.74) is 2.71. The van der Waals surface area contributed by atoms with Crippen LogP contribution in [0.25, 0.3) is 0 Å². The van der Waals surface area contributed by atoms with Gasteiger partial charge in [0.05, 0.1) is 5.56 Å². The van der Waals surface area contributed by atoms with E-state index in [1.165, 1.54) is 5.56 Å². The summed E-state index contributed by atoms with van der Waals surface area (Å²) in [7, 11) is 0. The van der Waals surface area contributed by atoms with Crippen molar-refractivity contribution < 1.29 is 4.79 Å². The fraction of sp³-hybridized carbons (Fsp3) is 0.312. The van der Waals surface area contributed by atoms with E-state index in [1.54, 1.807) is 6.92 Å². The molecule has 108 valence electrons. The molecule has 0 fully saturated rings. The zero-order chi connectivity index (χ0) is 15.0. The van der Waals surface area contributed by atoms with E-state index in [9.17, 15) is 4.79 Å². The fourth-order valence-electron chi connectivity index (χ4n) is 2.83. The quantitative estimate of drug-likeness (QED) is 0.626. The second-order valence-electron chi connectivity index (χ2n) is 5.30. The number of aryl methyl sites for hydroxylation is 2. The van der Waals surface area contributed by atoms with Gasteiger partial charge in [-0.05, 0) is 38.3 Å². The van der Waals surface area contributed by atoms with Gasteiger partial charge in [0.25, 0.3) is 0 Å². The number of carbonyl (C=O) groups is 1. The van der Waals surface area contributed by atoms with Gasteiger partial charge in [-0.2, -0.15) is 0 Å². The van der Waals surface area contributed by atoms with Gasteiger partial charge < -0.3 is 4.90 Å². The van der Waals surface area contributed by atoms with Crippen LogP contribution in [0, 0.1) is 6.92 Å². The van der Waals surface area contributed by atoms with Crippen molar-refractivity contribution in [2.24, 2.45) is 0 Å². The molecular formula is C16H16ClN3O. The first-order valence-electron chi connectivity index (χ1n) is 6.98. The Hall–Kier alpha value is -1.94. The number of aromatic nitrogens is 2. The fourth-order valence-corrected chi connectivity index (χ4v) is 3.08. The number of aldehydes is 1. The van der Waals surface area contributed by atoms with Crippen LogP contribution in [0.5, 0.6) is 0 Å². The molecule has 1 aliphatic heterocycles. The number of halogens is 1. The third-order valence-electron chi connectivity index (χ3n) is 3.86. The SMILES string of the molecule is Cc1nc(Cl)c(C=O)c(N2c3ccccc3CCC2C)n1. The highest BCUT2D eigenvalue weighted by Gasteiger charge is 2.28. The summed E-state index contributed by atoms with van der Waals surface area (Å²) in [6.45, 7) is 3.92. The molecule has 1 atom stereocenters. The van der Waals surface area contributed by atoms with Crippen molar-refractivity contribution in [3.05, 3.63) is 46.4 Å². The van der Waals surface area contributed by atoms with Crippen molar-refractivity contribution in [1.29, 1.82) is 0 Å². The summed E-state index contributed by atoms with van der Waals surface area (Å²) >= 11 is 6.12. The molecule has 0 spiro atoms. The molecule has 0 N–H and O–H groups in total. The Balaban J connectivity index is 2.22. The van der Waals surface area contributed by atoms with Crippen molar-refractivity contribution in [3.8, 4) is 0 Å². The van der Waals surface area contributed by atoms with E-state index in [4.69, 9.17) is 11.6 Å². The lowest BCUT2D eigenvalue weighted by Gasteiger charge is -2.36. The lowest BCUT2D eigenvalue weighted by atomic mass is 9.96. The van der Waals surface area contributed by atoms with E-state index in [1.807, 2.05) is 12.1 Å². The molecule has 3 rings (SSSR count). The molecule has 4 nitrogen and oxygen atoms in total. The van der Waals surface area contributed by atoms with E-state index in [-0.39, 0.29) is 11.2 Å². The zero-order valence-corrected chi connectivity index (χ0v) is 12.8. The first kappa shape index (κ1) is 14.0. The summed E-state index contributed by atoms with van der Waals surface area (Å²) in [6.07, 6.45) is 2.78. The molecule has 0 radical (unpaired) electrons. The number of benzene rings is 1. The second kappa shape index (κ2) is 5.45. The monoisotopic (exact) mass is 301 g/mol. The van der Waals surface area contributed by atoms with E-state index in [2.05, 4.69) is 33.9 Å². The summed E-state index contributed by atoms with van der Waals surface area (Å²) in [4.78, 5) is 22.1. The maximum absolute atomic E-state index is 11.4. The van der Waals surface area contributed by atoms with Crippen molar-refractivity contribution in [2.75, 3.05) is 4.90 Å². The maximum atomic E-state index is 11.4. The highest BCUT2D eigenvalue weighted by atomic mass is 35.5. The average Bonchev–Trinajstić information content (AvgIpc) is 2.46. The number of carbonyl (C=O) groups excluding carboxylic acids is 1. The highest BCUT2D eigenvalue weighted by Crippen LogP contribution is 2.38. The molecule has 1 unspecified atom stereocenters. The molecule has 1 aromatic carbocycles. The van der Waals surface area contributed by atoms with Gasteiger partial charge in [-0.25, -0.2) is 9.97 Å². The molecule has 0 aliphatic carbocycles. The molecule has 2 heterocycles. The van der Waals surface area contributed by atoms with Crippen LogP contribution in [0.2, 0.25) is 5.15 Å². The zero-order valence-electron chi connectivity index (χ0n) is 12.0. The number of anilines is 2. The minimum Gasteiger partial charge on any atom is -0.323 e. The Morgan fingerprint density at radius 1 is 1.33 bits per heavy atom. The number of para-hydroxylation sites is 1. The minimum atomic E-state index is 0.211. The van der Waals surface area contributed by atoms with Gasteiger partial charge in [0, 0.05) is 11.7 Å². The van der Waals surface area contributed by atoms with Crippen molar-refractivity contribution in [1.82, 2.24) is 9.97 Å². The molecular weight excluding hydrogens is 286 g/mol. The van der Waals surface area contributed by atoms with Gasteiger partial charge in [-0.15, -0.1) is 0 Å². The predicted molar refractivity (Wildman–Crippen MR) is 83.5 cm³/mol. The topological polar surface area (TPSA) is 46.1 Å². The first-order valence-corrected chi connectivity index (χ1v) is 7.36. The summed E-state index contributed by atoms with van der Waals surface area (Å²) in [5, 5.41) is 0.211. The van der Waals surface area contributed by atoms with Crippen LogP contribution in [-0.4, -0.2) is 22.3 Å². The first-order chi connectivity index (χ1) is 10.1. The molecule has 1 aliphatic rings. The normalized spacial score (nSPS) is 17.5. The van der Waals surface area contributed by atoms with Crippen LogP contribution in [0.15, 0.2) is 24.3 Å². The van der Waals surface area contributed by atoms with Gasteiger partial charge >= 0.3 is 0 Å². The van der Waals surface area contributed by atoms with Crippen molar-refractivity contribution in [2.45, 2.75) is 32.7 Å². The highest BCUT2D eigenvalue weighted by molar-refractivity contribution is 6.32. The Kier molecular flexibility index (Phi) is 3.64. The van der Waals surface area contributed by atoms with Crippen LogP contribution in [0.4, 0.5) is 11.5 Å². The van der Waals surface area contributed by atoms with E-state index >= 15 is 0 Å². The molecule has 0 saturated carbocycles. The number of nitrogens with zero attached hydrogens (tertiary/aromatic N) is 3. The van der Waals surface area contributed by atoms with Crippen molar-refractivity contribution >= 4 is 29.4 Å². The molecule has 2 aromatic rings. The number of fused-ring (bicyclic) bond motifs is 1. The second-order valence-corrected chi connectivity index (χ2v) is 5.66. The van der Waals surface area contributed by atoms with E-state index < -0.39 is 0 Å². The Labute approximate surface area is 128 Å². The van der Waals surface area contributed by atoms with Crippen LogP contribution in [0.1, 0.15) is 35.1 Å². The summed E-state index contributed by atoms with van der Waals surface area (Å²) in [6, 6.07) is 8.46. The Bertz CT molecular complexity index is 702. The minimum absolute atomic E-state index is 0.211. The molecule has 5 heteroatoms. The lowest BCUT2D eigenvalue weighted by molar-refractivity contribution is 0.112. The molecule has 21 heavy (non-hydrogen) atoms. The summed E-state index contributed by atoms with van der Waals surface area (Å²) in [5.74, 6) is 1.16. The van der Waals surface area contributed by atoms with Crippen LogP contribution < -0.4 is 4.90 Å². The smallest absolute Gasteiger partial charge is 0.156 e. The largest absolute Gasteiger partial charge is 0.323 e. The third-order valence-corrected chi connectivity index (χ3v) is 4.15. The van der Waals surface area contributed by atoms with Gasteiger partial charge in [0.1, 0.15) is 16.8 Å². The number of hydrogen-bond acceptors (Lipinski definition) is 4. The van der Waals surface area contributed by atoms with E-state index in [0.29, 0.717) is 17.2 Å². The number of rotatable bonds is 2. The summed E-state index contributed by atoms with van der Waals surface area (Å²) < 4.78 is 0. The van der Waals surface area contributed by atoms with Gasteiger partial charge in [0.2, 0.25) is 0 Å². The maximum Gasteiger partial charge on any atom is 0.156 e. The Morgan fingerprint density at radius 2 is 2.10 bits per heavy atom. The van der Waals surface area contributed by atoms with Gasteiger partial charge in [-0.1, -0.05) is 29.8 Å². The lowest BCUT2D eigenvalue weighted by Crippen LogP contribution is -2.34. The number of hydrogen-bond donors (Lipinski definition) is 0. The molecule has 1 aromatic heterocycles. The predicted octanol–water partition coefficient (Wildman–Crippen LogP) is 3.72.